The molecule has 3 heterocycles. The van der Waals surface area contributed by atoms with Gasteiger partial charge >= 0.3 is 0 Å². The Morgan fingerprint density at radius 1 is 1.00 bits per heavy atom. The number of benzene rings is 2. The number of anilines is 2. The Balaban J connectivity index is 1.25. The molecular weight excluding hydrogens is 448 g/mol. The van der Waals surface area contributed by atoms with Crippen molar-refractivity contribution in [3.8, 4) is 11.3 Å². The number of ketones is 1. The first-order valence-corrected chi connectivity index (χ1v) is 12.3. The minimum absolute atomic E-state index is 0.105. The number of piperazine rings is 1. The zero-order valence-electron chi connectivity index (χ0n) is 20.4. The highest BCUT2D eigenvalue weighted by atomic mass is 16.1. The number of Topliss-reactive ketones (excluding diaryl/α,β-unsaturated/α-hetero) is 1. The average molecular weight is 479 g/mol. The van der Waals surface area contributed by atoms with Crippen molar-refractivity contribution in [2.45, 2.75) is 19.9 Å². The van der Waals surface area contributed by atoms with Gasteiger partial charge in [-0.2, -0.15) is 0 Å². The molecule has 1 fully saturated rings. The lowest BCUT2D eigenvalue weighted by atomic mass is 10.00. The van der Waals surface area contributed by atoms with Crippen molar-refractivity contribution in [3.05, 3.63) is 102 Å². The SMILES string of the molecule is Cc1ccc(CC(=O)c2ccc(CN3CCNCC3)cc2)cc1Nc1nccc(-c2cccnc2)n1. The summed E-state index contributed by atoms with van der Waals surface area (Å²) in [6.07, 6.45) is 5.58. The molecule has 0 spiro atoms. The van der Waals surface area contributed by atoms with E-state index in [1.807, 2.05) is 55.5 Å². The van der Waals surface area contributed by atoms with E-state index in [1.165, 1.54) is 5.56 Å². The van der Waals surface area contributed by atoms with Gasteiger partial charge in [-0.25, -0.2) is 9.97 Å². The molecule has 0 aliphatic carbocycles. The van der Waals surface area contributed by atoms with Crippen molar-refractivity contribution in [1.29, 1.82) is 0 Å². The molecule has 0 saturated carbocycles. The van der Waals surface area contributed by atoms with E-state index in [9.17, 15) is 4.79 Å². The fraction of sp³-hybridized carbons (Fsp3) is 0.241. The molecule has 0 atom stereocenters. The minimum Gasteiger partial charge on any atom is -0.324 e. The second-order valence-electron chi connectivity index (χ2n) is 9.10. The van der Waals surface area contributed by atoms with Crippen LogP contribution in [0.1, 0.15) is 27.0 Å². The third-order valence-corrected chi connectivity index (χ3v) is 6.42. The van der Waals surface area contributed by atoms with Gasteiger partial charge in [0.25, 0.3) is 0 Å². The largest absolute Gasteiger partial charge is 0.324 e. The van der Waals surface area contributed by atoms with Crippen LogP contribution in [-0.4, -0.2) is 51.8 Å². The zero-order valence-corrected chi connectivity index (χ0v) is 20.4. The Bertz CT molecular complexity index is 1320. The lowest BCUT2D eigenvalue weighted by Gasteiger charge is -2.27. The standard InChI is InChI=1S/C29H30N6O/c1-21-4-5-23(17-27(21)34-29-32-12-10-26(33-29)25-3-2-11-31-19-25)18-28(36)24-8-6-22(7-9-24)20-35-15-13-30-14-16-35/h2-12,17,19,30H,13-16,18,20H2,1H3,(H,32,33,34). The second-order valence-corrected chi connectivity index (χ2v) is 9.10. The molecule has 0 amide bonds. The van der Waals surface area contributed by atoms with Gasteiger partial charge in [0.15, 0.2) is 5.78 Å². The maximum atomic E-state index is 13.0. The van der Waals surface area contributed by atoms with Crippen molar-refractivity contribution in [1.82, 2.24) is 25.2 Å². The number of hydrogen-bond donors (Lipinski definition) is 2. The van der Waals surface area contributed by atoms with E-state index >= 15 is 0 Å². The highest BCUT2D eigenvalue weighted by Crippen LogP contribution is 2.23. The first-order chi connectivity index (χ1) is 17.6. The molecular formula is C29H30N6O. The fourth-order valence-electron chi connectivity index (χ4n) is 4.34. The van der Waals surface area contributed by atoms with Gasteiger partial charge in [-0.1, -0.05) is 36.4 Å². The Morgan fingerprint density at radius 2 is 1.81 bits per heavy atom. The number of rotatable bonds is 8. The summed E-state index contributed by atoms with van der Waals surface area (Å²) in [5.74, 6) is 0.608. The topological polar surface area (TPSA) is 83.0 Å². The van der Waals surface area contributed by atoms with Crippen LogP contribution in [0.15, 0.2) is 79.3 Å². The van der Waals surface area contributed by atoms with Crippen LogP contribution in [0.25, 0.3) is 11.3 Å². The van der Waals surface area contributed by atoms with Crippen molar-refractivity contribution in [3.63, 3.8) is 0 Å². The first-order valence-electron chi connectivity index (χ1n) is 12.3. The molecule has 2 aromatic heterocycles. The summed E-state index contributed by atoms with van der Waals surface area (Å²) in [5.41, 5.74) is 6.59. The third kappa shape index (κ3) is 6.00. The van der Waals surface area contributed by atoms with Gasteiger partial charge < -0.3 is 10.6 Å². The fourth-order valence-corrected chi connectivity index (χ4v) is 4.34. The van der Waals surface area contributed by atoms with Crippen LogP contribution in [-0.2, 0) is 13.0 Å². The van der Waals surface area contributed by atoms with Gasteiger partial charge in [0.1, 0.15) is 0 Å². The summed E-state index contributed by atoms with van der Waals surface area (Å²) >= 11 is 0. The van der Waals surface area contributed by atoms with Crippen LogP contribution in [0.3, 0.4) is 0 Å². The van der Waals surface area contributed by atoms with Crippen LogP contribution in [0.5, 0.6) is 0 Å². The molecule has 182 valence electrons. The Morgan fingerprint density at radius 3 is 2.58 bits per heavy atom. The molecule has 2 N–H and O–H groups in total. The van der Waals surface area contributed by atoms with Crippen LogP contribution < -0.4 is 10.6 Å². The number of nitrogens with one attached hydrogen (secondary N) is 2. The summed E-state index contributed by atoms with van der Waals surface area (Å²) in [4.78, 5) is 28.6. The number of pyridine rings is 1. The van der Waals surface area contributed by atoms with Gasteiger partial charge in [-0.15, -0.1) is 0 Å². The van der Waals surface area contributed by atoms with Gasteiger partial charge in [-0.05, 0) is 47.9 Å². The van der Waals surface area contributed by atoms with E-state index in [1.54, 1.807) is 18.6 Å². The van der Waals surface area contributed by atoms with E-state index in [2.05, 4.69) is 42.6 Å². The highest BCUT2D eigenvalue weighted by Gasteiger charge is 2.12. The van der Waals surface area contributed by atoms with Gasteiger partial charge in [0.05, 0.1) is 5.69 Å². The van der Waals surface area contributed by atoms with Crippen molar-refractivity contribution in [2.24, 2.45) is 0 Å². The molecule has 0 bridgehead atoms. The molecule has 2 aromatic carbocycles. The van der Waals surface area contributed by atoms with Crippen LogP contribution in [0.2, 0.25) is 0 Å². The number of hydrogen-bond acceptors (Lipinski definition) is 7. The Labute approximate surface area is 211 Å². The summed E-state index contributed by atoms with van der Waals surface area (Å²) in [6, 6.07) is 19.8. The first kappa shape index (κ1) is 23.8. The summed E-state index contributed by atoms with van der Waals surface area (Å²) in [5, 5.41) is 6.70. The van der Waals surface area contributed by atoms with E-state index in [4.69, 9.17) is 0 Å². The summed E-state index contributed by atoms with van der Waals surface area (Å²) in [7, 11) is 0. The Kier molecular flexibility index (Phi) is 7.40. The number of carbonyl (C=O) groups is 1. The van der Waals surface area contributed by atoms with Crippen molar-refractivity contribution < 1.29 is 4.79 Å². The lowest BCUT2D eigenvalue weighted by Crippen LogP contribution is -2.42. The molecule has 1 aliphatic rings. The van der Waals surface area contributed by atoms with Gasteiger partial charge in [-0.3, -0.25) is 14.7 Å². The third-order valence-electron chi connectivity index (χ3n) is 6.42. The lowest BCUT2D eigenvalue weighted by molar-refractivity contribution is 0.0993. The highest BCUT2D eigenvalue weighted by molar-refractivity contribution is 5.97. The molecule has 1 aliphatic heterocycles. The zero-order chi connectivity index (χ0) is 24.7. The molecule has 1 saturated heterocycles. The van der Waals surface area contributed by atoms with E-state index < -0.39 is 0 Å². The molecule has 4 aromatic rings. The number of nitrogens with zero attached hydrogens (tertiary/aromatic N) is 4. The number of aryl methyl sites for hydroxylation is 1. The average Bonchev–Trinajstić information content (AvgIpc) is 2.92. The van der Waals surface area contributed by atoms with Crippen LogP contribution in [0, 0.1) is 6.92 Å². The maximum Gasteiger partial charge on any atom is 0.227 e. The minimum atomic E-state index is 0.105. The quantitative estimate of drug-likeness (QED) is 0.363. The molecule has 0 unspecified atom stereocenters. The van der Waals surface area contributed by atoms with Gasteiger partial charge in [0.2, 0.25) is 5.95 Å². The molecule has 0 radical (unpaired) electrons. The van der Waals surface area contributed by atoms with E-state index in [0.29, 0.717) is 12.4 Å². The molecule has 5 rings (SSSR count). The number of carbonyl (C=O) groups excluding carboxylic acids is 1. The van der Waals surface area contributed by atoms with Crippen LogP contribution >= 0.6 is 0 Å². The Hall–Kier alpha value is -3.94. The normalized spacial score (nSPS) is 13.9. The predicted molar refractivity (Wildman–Crippen MR) is 142 cm³/mol. The molecule has 7 heteroatoms. The monoisotopic (exact) mass is 478 g/mol. The maximum absolute atomic E-state index is 13.0. The van der Waals surface area contributed by atoms with Crippen molar-refractivity contribution in [2.75, 3.05) is 31.5 Å². The summed E-state index contributed by atoms with van der Waals surface area (Å²) in [6.45, 7) is 7.13. The summed E-state index contributed by atoms with van der Waals surface area (Å²) < 4.78 is 0. The number of aromatic nitrogens is 3. The van der Waals surface area contributed by atoms with E-state index in [-0.39, 0.29) is 5.78 Å². The van der Waals surface area contributed by atoms with Crippen LogP contribution in [0.4, 0.5) is 11.6 Å². The van der Waals surface area contributed by atoms with E-state index in [0.717, 1.165) is 66.4 Å². The van der Waals surface area contributed by atoms with Gasteiger partial charge in [0, 0.05) is 74.5 Å². The van der Waals surface area contributed by atoms with Crippen molar-refractivity contribution >= 4 is 17.4 Å². The molecule has 7 nitrogen and oxygen atoms in total. The smallest absolute Gasteiger partial charge is 0.227 e. The molecule has 36 heavy (non-hydrogen) atoms. The predicted octanol–water partition coefficient (Wildman–Crippen LogP) is 4.42. The second kappa shape index (κ2) is 11.2.